The third kappa shape index (κ3) is 2.69. The fourth-order valence-electron chi connectivity index (χ4n) is 2.77. The summed E-state index contributed by atoms with van der Waals surface area (Å²) < 4.78 is 21.7. The molecule has 0 aliphatic heterocycles. The molecule has 0 saturated carbocycles. The highest BCUT2D eigenvalue weighted by molar-refractivity contribution is 7.85. The SMILES string of the molecule is COc1c(P(=O)(c2ccccc2)c2ccccc2)ccc[n+]1C. The quantitative estimate of drug-likeness (QED) is 0.544. The lowest BCUT2D eigenvalue weighted by molar-refractivity contribution is -0.675. The Morgan fingerprint density at radius 1 is 0.826 bits per heavy atom. The number of methoxy groups -OCH3 is 1. The van der Waals surface area contributed by atoms with E-state index in [1.54, 1.807) is 7.11 Å². The minimum Gasteiger partial charge on any atom is -0.447 e. The van der Waals surface area contributed by atoms with E-state index in [0.29, 0.717) is 11.2 Å². The van der Waals surface area contributed by atoms with Crippen molar-refractivity contribution in [3.05, 3.63) is 79.0 Å². The zero-order valence-electron chi connectivity index (χ0n) is 13.2. The number of hydrogen-bond donors (Lipinski definition) is 0. The zero-order valence-corrected chi connectivity index (χ0v) is 14.1. The molecule has 4 heteroatoms. The van der Waals surface area contributed by atoms with Crippen molar-refractivity contribution in [3.63, 3.8) is 0 Å². The van der Waals surface area contributed by atoms with Crippen LogP contribution in [0.1, 0.15) is 0 Å². The van der Waals surface area contributed by atoms with Gasteiger partial charge in [0.1, 0.15) is 12.4 Å². The maximum atomic E-state index is 14.3. The Hall–Kier alpha value is -2.38. The monoisotopic (exact) mass is 324 g/mol. The van der Waals surface area contributed by atoms with E-state index in [1.807, 2.05) is 90.6 Å². The average molecular weight is 324 g/mol. The van der Waals surface area contributed by atoms with Crippen molar-refractivity contribution in [2.75, 3.05) is 7.11 Å². The van der Waals surface area contributed by atoms with Crippen LogP contribution >= 0.6 is 7.14 Å². The number of rotatable bonds is 4. The molecule has 1 heterocycles. The van der Waals surface area contributed by atoms with Crippen molar-refractivity contribution in [2.24, 2.45) is 7.05 Å². The van der Waals surface area contributed by atoms with Crippen molar-refractivity contribution >= 4 is 23.1 Å². The smallest absolute Gasteiger partial charge is 0.379 e. The molecule has 0 radical (unpaired) electrons. The number of aromatic nitrogens is 1. The van der Waals surface area contributed by atoms with Gasteiger partial charge in [-0.2, -0.15) is 4.57 Å². The first-order valence-electron chi connectivity index (χ1n) is 7.42. The van der Waals surface area contributed by atoms with Gasteiger partial charge in [0.05, 0.1) is 7.11 Å². The van der Waals surface area contributed by atoms with Gasteiger partial charge in [0.2, 0.25) is 0 Å². The zero-order chi connectivity index (χ0) is 16.3. The van der Waals surface area contributed by atoms with E-state index in [4.69, 9.17) is 4.74 Å². The van der Waals surface area contributed by atoms with Crippen LogP contribution in [-0.2, 0) is 11.6 Å². The molecule has 0 bridgehead atoms. The van der Waals surface area contributed by atoms with Gasteiger partial charge in [0.25, 0.3) is 0 Å². The topological polar surface area (TPSA) is 30.2 Å². The van der Waals surface area contributed by atoms with E-state index >= 15 is 0 Å². The molecule has 0 atom stereocenters. The highest BCUT2D eigenvalue weighted by Crippen LogP contribution is 2.44. The Morgan fingerprint density at radius 3 is 1.83 bits per heavy atom. The Kier molecular flexibility index (Phi) is 4.31. The Labute approximate surface area is 136 Å². The second-order valence-electron chi connectivity index (χ2n) is 5.29. The van der Waals surface area contributed by atoms with Gasteiger partial charge in [-0.1, -0.05) is 60.7 Å². The minimum atomic E-state index is -3.00. The van der Waals surface area contributed by atoms with Crippen molar-refractivity contribution in [2.45, 2.75) is 0 Å². The molecule has 0 aliphatic rings. The largest absolute Gasteiger partial charge is 0.447 e. The van der Waals surface area contributed by atoms with Crippen LogP contribution in [0.4, 0.5) is 0 Å². The summed E-state index contributed by atoms with van der Waals surface area (Å²) in [5, 5.41) is 2.31. The van der Waals surface area contributed by atoms with Gasteiger partial charge in [-0.25, -0.2) is 0 Å². The van der Waals surface area contributed by atoms with Crippen LogP contribution in [0.5, 0.6) is 5.88 Å². The van der Waals surface area contributed by atoms with Crippen LogP contribution in [0.3, 0.4) is 0 Å². The number of ether oxygens (including phenoxy) is 1. The molecule has 0 aliphatic carbocycles. The Balaban J connectivity index is 2.35. The van der Waals surface area contributed by atoms with Crippen LogP contribution in [0.2, 0.25) is 0 Å². The number of hydrogen-bond acceptors (Lipinski definition) is 2. The molecule has 1 aromatic heterocycles. The summed E-state index contributed by atoms with van der Waals surface area (Å²) in [5.74, 6) is 0.614. The molecule has 116 valence electrons. The first kappa shape index (κ1) is 15.5. The lowest BCUT2D eigenvalue weighted by atomic mass is 10.4. The second-order valence-corrected chi connectivity index (χ2v) is 8.03. The van der Waals surface area contributed by atoms with E-state index in [-0.39, 0.29) is 0 Å². The first-order chi connectivity index (χ1) is 11.2. The number of pyridine rings is 1. The molecule has 0 saturated heterocycles. The molecule has 23 heavy (non-hydrogen) atoms. The molecule has 3 aromatic rings. The molecule has 3 rings (SSSR count). The van der Waals surface area contributed by atoms with Crippen LogP contribution in [0, 0.1) is 0 Å². The molecule has 0 N–H and O–H groups in total. The predicted molar refractivity (Wildman–Crippen MR) is 93.6 cm³/mol. The lowest BCUT2D eigenvalue weighted by Crippen LogP contribution is -2.37. The second kappa shape index (κ2) is 6.39. The summed E-state index contributed by atoms with van der Waals surface area (Å²) >= 11 is 0. The molecule has 0 unspecified atom stereocenters. The standard InChI is InChI=1S/C19H19NO2P/c1-20-15-9-14-18(19(20)22-2)23(21,16-10-5-3-6-11-16)17-12-7-4-8-13-17/h3-15H,1-2H3/q+1. The normalized spacial score (nSPS) is 11.2. The van der Waals surface area contributed by atoms with Gasteiger partial charge in [0, 0.05) is 16.7 Å². The molecule has 0 fully saturated rings. The maximum Gasteiger partial charge on any atom is 0.379 e. The van der Waals surface area contributed by atoms with E-state index in [2.05, 4.69) is 0 Å². The van der Waals surface area contributed by atoms with Gasteiger partial charge in [-0.05, 0) is 6.07 Å². The van der Waals surface area contributed by atoms with E-state index in [9.17, 15) is 4.57 Å². The number of aryl methyl sites for hydroxylation is 1. The summed E-state index contributed by atoms with van der Waals surface area (Å²) in [4.78, 5) is 0. The van der Waals surface area contributed by atoms with Crippen LogP contribution in [0.15, 0.2) is 79.0 Å². The number of benzene rings is 2. The fourth-order valence-corrected chi connectivity index (χ4v) is 5.63. The van der Waals surface area contributed by atoms with Gasteiger partial charge in [0.15, 0.2) is 13.3 Å². The minimum absolute atomic E-state index is 0.614. The molecule has 2 aromatic carbocycles. The van der Waals surface area contributed by atoms with E-state index < -0.39 is 7.14 Å². The molecule has 3 nitrogen and oxygen atoms in total. The summed E-state index contributed by atoms with van der Waals surface area (Å²) in [6, 6.07) is 23.0. The third-order valence-electron chi connectivity index (χ3n) is 3.88. The number of nitrogens with zero attached hydrogens (tertiary/aromatic N) is 1. The van der Waals surface area contributed by atoms with Crippen molar-refractivity contribution in [1.29, 1.82) is 0 Å². The van der Waals surface area contributed by atoms with Crippen molar-refractivity contribution < 1.29 is 13.9 Å². The summed E-state index contributed by atoms with van der Waals surface area (Å²) in [7, 11) is 0.498. The third-order valence-corrected chi connectivity index (χ3v) is 6.95. The van der Waals surface area contributed by atoms with Crippen molar-refractivity contribution in [1.82, 2.24) is 0 Å². The molecule has 0 spiro atoms. The summed E-state index contributed by atoms with van der Waals surface area (Å²) in [6.07, 6.45) is 1.89. The molecular formula is C19H19NO2P+. The van der Waals surface area contributed by atoms with Gasteiger partial charge in [-0.3, -0.25) is 0 Å². The van der Waals surface area contributed by atoms with Crippen molar-refractivity contribution in [3.8, 4) is 5.88 Å². The highest BCUT2D eigenvalue weighted by Gasteiger charge is 2.36. The molecule has 0 amide bonds. The Morgan fingerprint density at radius 2 is 1.35 bits per heavy atom. The fraction of sp³-hybridized carbons (Fsp3) is 0.105. The van der Waals surface area contributed by atoms with E-state index in [0.717, 1.165) is 10.6 Å². The van der Waals surface area contributed by atoms with Crippen LogP contribution in [0.25, 0.3) is 0 Å². The highest BCUT2D eigenvalue weighted by atomic mass is 31.2. The van der Waals surface area contributed by atoms with Gasteiger partial charge < -0.3 is 9.30 Å². The van der Waals surface area contributed by atoms with Crippen LogP contribution < -0.4 is 25.2 Å². The molecular weight excluding hydrogens is 305 g/mol. The Bertz CT molecular complexity index is 804. The maximum absolute atomic E-state index is 14.3. The predicted octanol–water partition coefficient (Wildman–Crippen LogP) is 2.16. The first-order valence-corrected chi connectivity index (χ1v) is 9.13. The average Bonchev–Trinajstić information content (AvgIpc) is 2.62. The summed E-state index contributed by atoms with van der Waals surface area (Å²) in [6.45, 7) is 0. The van der Waals surface area contributed by atoms with E-state index in [1.165, 1.54) is 0 Å². The van der Waals surface area contributed by atoms with Gasteiger partial charge >= 0.3 is 5.88 Å². The van der Waals surface area contributed by atoms with Crippen LogP contribution in [-0.4, -0.2) is 7.11 Å². The summed E-state index contributed by atoms with van der Waals surface area (Å²) in [5.41, 5.74) is 0. The lowest BCUT2D eigenvalue weighted by Gasteiger charge is -2.19. The van der Waals surface area contributed by atoms with Gasteiger partial charge in [-0.15, -0.1) is 0 Å².